The maximum absolute atomic E-state index is 5.00. The zero-order chi connectivity index (χ0) is 37.5. The number of fused-ring (bicyclic) bond motifs is 7. The van der Waals surface area contributed by atoms with Gasteiger partial charge in [-0.15, -0.1) is 0 Å². The van der Waals surface area contributed by atoms with E-state index < -0.39 is 0 Å². The molecule has 0 bridgehead atoms. The van der Waals surface area contributed by atoms with E-state index in [1.807, 2.05) is 60.7 Å². The molecule has 0 atom stereocenters. The topological polar surface area (TPSA) is 38.7 Å². The van der Waals surface area contributed by atoms with Crippen LogP contribution in [0.2, 0.25) is 0 Å². The highest BCUT2D eigenvalue weighted by Gasteiger charge is 2.50. The largest absolute Gasteiger partial charge is 0.208 e. The fraction of sp³-hybridized carbons (Fsp3) is 0.0185. The quantitative estimate of drug-likeness (QED) is 0.166. The van der Waals surface area contributed by atoms with Crippen molar-refractivity contribution in [2.24, 2.45) is 0 Å². The van der Waals surface area contributed by atoms with Crippen molar-refractivity contribution in [3.05, 3.63) is 222 Å². The lowest BCUT2D eigenvalue weighted by Crippen LogP contribution is -2.26. The highest BCUT2D eigenvalue weighted by atomic mass is 15.0. The summed E-state index contributed by atoms with van der Waals surface area (Å²) in [5, 5.41) is 5.38. The minimum Gasteiger partial charge on any atom is -0.208 e. The van der Waals surface area contributed by atoms with Gasteiger partial charge in [0, 0.05) is 16.7 Å². The summed E-state index contributed by atoms with van der Waals surface area (Å²) in [5.41, 5.74) is 15.2. The van der Waals surface area contributed by atoms with Crippen LogP contribution >= 0.6 is 0 Å². The number of benzene rings is 9. The lowest BCUT2D eigenvalue weighted by Gasteiger charge is -2.30. The van der Waals surface area contributed by atoms with Gasteiger partial charge in [0.05, 0.1) is 5.41 Å². The molecule has 12 rings (SSSR count). The maximum atomic E-state index is 5.00. The molecule has 2 aliphatic rings. The second-order valence-electron chi connectivity index (χ2n) is 15.1. The molecule has 0 radical (unpaired) electrons. The first-order valence-electron chi connectivity index (χ1n) is 19.5. The van der Waals surface area contributed by atoms with Crippen molar-refractivity contribution in [2.45, 2.75) is 5.41 Å². The molecule has 3 heteroatoms. The maximum Gasteiger partial charge on any atom is 0.164 e. The fourth-order valence-corrected chi connectivity index (χ4v) is 9.62. The minimum atomic E-state index is -0.356. The van der Waals surface area contributed by atoms with Gasteiger partial charge in [-0.25, -0.2) is 15.0 Å². The third kappa shape index (κ3) is 4.69. The van der Waals surface area contributed by atoms with E-state index in [4.69, 9.17) is 15.0 Å². The molecule has 2 aliphatic carbocycles. The highest BCUT2D eigenvalue weighted by Crippen LogP contribution is 2.62. The van der Waals surface area contributed by atoms with Crippen LogP contribution in [0.25, 0.3) is 89.1 Å². The van der Waals surface area contributed by atoms with Crippen LogP contribution in [0, 0.1) is 0 Å². The Balaban J connectivity index is 0.966. The normalized spacial score (nSPS) is 13.1. The Labute approximate surface area is 330 Å². The van der Waals surface area contributed by atoms with Gasteiger partial charge in [0.1, 0.15) is 0 Å². The van der Waals surface area contributed by atoms with Crippen LogP contribution in [-0.4, -0.2) is 15.0 Å². The summed E-state index contributed by atoms with van der Waals surface area (Å²) in [6.07, 6.45) is 0. The Hall–Kier alpha value is -7.49. The summed E-state index contributed by atoms with van der Waals surface area (Å²) in [7, 11) is 0. The Bertz CT molecular complexity index is 3120. The molecule has 0 saturated carbocycles. The van der Waals surface area contributed by atoms with E-state index in [9.17, 15) is 0 Å². The van der Waals surface area contributed by atoms with Gasteiger partial charge in [-0.2, -0.15) is 0 Å². The minimum absolute atomic E-state index is 0.356. The van der Waals surface area contributed by atoms with E-state index >= 15 is 0 Å². The van der Waals surface area contributed by atoms with Crippen molar-refractivity contribution in [3.8, 4) is 67.5 Å². The molecule has 9 aromatic carbocycles. The van der Waals surface area contributed by atoms with Crippen molar-refractivity contribution in [1.29, 1.82) is 0 Å². The Morgan fingerprint density at radius 1 is 0.263 bits per heavy atom. The van der Waals surface area contributed by atoms with Crippen molar-refractivity contribution < 1.29 is 0 Å². The summed E-state index contributed by atoms with van der Waals surface area (Å²) >= 11 is 0. The lowest BCUT2D eigenvalue weighted by molar-refractivity contribution is 0.797. The van der Waals surface area contributed by atoms with Gasteiger partial charge in [-0.05, 0) is 95.4 Å². The van der Waals surface area contributed by atoms with Gasteiger partial charge in [0.2, 0.25) is 0 Å². The first kappa shape index (κ1) is 31.8. The zero-order valence-corrected chi connectivity index (χ0v) is 30.9. The summed E-state index contributed by atoms with van der Waals surface area (Å²) in [6, 6.07) is 72.2. The molecule has 10 aromatic rings. The van der Waals surface area contributed by atoms with Crippen LogP contribution < -0.4 is 0 Å². The van der Waals surface area contributed by atoms with E-state index in [0.717, 1.165) is 27.8 Å². The number of hydrogen-bond donors (Lipinski definition) is 0. The number of hydrogen-bond acceptors (Lipinski definition) is 3. The molecule has 264 valence electrons. The van der Waals surface area contributed by atoms with Gasteiger partial charge in [0.15, 0.2) is 17.5 Å². The monoisotopic (exact) mass is 723 g/mol. The molecule has 0 amide bonds. The summed E-state index contributed by atoms with van der Waals surface area (Å²) in [4.78, 5) is 14.9. The molecule has 0 saturated heterocycles. The van der Waals surface area contributed by atoms with E-state index in [1.54, 1.807) is 0 Å². The van der Waals surface area contributed by atoms with E-state index in [-0.39, 0.29) is 5.41 Å². The van der Waals surface area contributed by atoms with E-state index in [1.165, 1.54) is 66.1 Å². The molecule has 1 spiro atoms. The lowest BCUT2D eigenvalue weighted by atomic mass is 9.70. The molecule has 0 unspecified atom stereocenters. The summed E-state index contributed by atoms with van der Waals surface area (Å²) in [5.74, 6) is 1.95. The molecule has 57 heavy (non-hydrogen) atoms. The predicted molar refractivity (Wildman–Crippen MR) is 233 cm³/mol. The predicted octanol–water partition coefficient (Wildman–Crippen LogP) is 13.2. The Morgan fingerprint density at radius 2 is 0.684 bits per heavy atom. The molecular formula is C54H33N3. The first-order chi connectivity index (χ1) is 28.2. The third-order valence-corrected chi connectivity index (χ3v) is 12.1. The van der Waals surface area contributed by atoms with Gasteiger partial charge in [-0.3, -0.25) is 0 Å². The molecule has 0 aliphatic heterocycles. The van der Waals surface area contributed by atoms with Crippen LogP contribution in [0.5, 0.6) is 0 Å². The van der Waals surface area contributed by atoms with Gasteiger partial charge >= 0.3 is 0 Å². The zero-order valence-electron chi connectivity index (χ0n) is 30.9. The molecule has 1 heterocycles. The van der Waals surface area contributed by atoms with Crippen LogP contribution in [0.4, 0.5) is 0 Å². The second-order valence-corrected chi connectivity index (χ2v) is 15.1. The Kier molecular flexibility index (Phi) is 6.84. The van der Waals surface area contributed by atoms with Crippen molar-refractivity contribution in [3.63, 3.8) is 0 Å². The van der Waals surface area contributed by atoms with Gasteiger partial charge in [0.25, 0.3) is 0 Å². The van der Waals surface area contributed by atoms with Crippen molar-refractivity contribution in [2.75, 3.05) is 0 Å². The SMILES string of the molecule is c1ccc(-c2nc(-c3ccccc3)nc(-c3cccc(-c4cccc(-c5ccc6c(c5)-c5ccccc5C65c6cccc7ccc8cccc5c8c67)c4)c3)n2)cc1. The average Bonchev–Trinajstić information content (AvgIpc) is 3.77. The average molecular weight is 724 g/mol. The van der Waals surface area contributed by atoms with Crippen LogP contribution in [0.15, 0.2) is 200 Å². The fourth-order valence-electron chi connectivity index (χ4n) is 9.62. The first-order valence-corrected chi connectivity index (χ1v) is 19.5. The highest BCUT2D eigenvalue weighted by molar-refractivity contribution is 6.17. The van der Waals surface area contributed by atoms with Gasteiger partial charge in [-0.1, -0.05) is 182 Å². The second kappa shape index (κ2) is 12.3. The number of nitrogens with zero attached hydrogens (tertiary/aromatic N) is 3. The number of rotatable bonds is 5. The summed E-state index contributed by atoms with van der Waals surface area (Å²) in [6.45, 7) is 0. The summed E-state index contributed by atoms with van der Waals surface area (Å²) < 4.78 is 0. The van der Waals surface area contributed by atoms with Crippen LogP contribution in [0.1, 0.15) is 22.3 Å². The van der Waals surface area contributed by atoms with Crippen LogP contribution in [-0.2, 0) is 5.41 Å². The molecule has 1 aromatic heterocycles. The standard InChI is InChI=1S/C54H33N3/c1-3-13-36(14-4-1)51-55-52(37-15-5-2-6-16-37)57-53(56-51)42-22-10-21-40(32-42)38-19-9-20-39(31-38)41-29-30-46-44(33-41)43-23-7-8-24-45(43)54(46)47-25-11-17-34-27-28-35-18-12-26-48(54)50(35)49(34)47/h1-33H. The molecule has 3 nitrogen and oxygen atoms in total. The molecule has 0 fully saturated rings. The van der Waals surface area contributed by atoms with Crippen molar-refractivity contribution >= 4 is 21.5 Å². The number of aromatic nitrogens is 3. The van der Waals surface area contributed by atoms with Gasteiger partial charge < -0.3 is 0 Å². The third-order valence-electron chi connectivity index (χ3n) is 12.1. The van der Waals surface area contributed by atoms with Crippen LogP contribution in [0.3, 0.4) is 0 Å². The molecule has 0 N–H and O–H groups in total. The van der Waals surface area contributed by atoms with E-state index in [2.05, 4.69) is 140 Å². The smallest absolute Gasteiger partial charge is 0.164 e. The van der Waals surface area contributed by atoms with E-state index in [0.29, 0.717) is 17.5 Å². The Morgan fingerprint density at radius 3 is 1.28 bits per heavy atom. The van der Waals surface area contributed by atoms with Crippen molar-refractivity contribution in [1.82, 2.24) is 15.0 Å². The molecular weight excluding hydrogens is 691 g/mol.